The van der Waals surface area contributed by atoms with Crippen LogP contribution in [0, 0.1) is 17.2 Å². The van der Waals surface area contributed by atoms with E-state index in [1.165, 1.54) is 7.05 Å². The Kier molecular flexibility index (Phi) is 3.03. The SMILES string of the molecule is CNS(=O)(=O)C1(C)C=CC=C(C#N)C1C. The monoisotopic (exact) mass is 226 g/mol. The summed E-state index contributed by atoms with van der Waals surface area (Å²) in [5.74, 6) is -0.343. The molecule has 0 aliphatic heterocycles. The molecule has 0 spiro atoms. The molecule has 0 bridgehead atoms. The van der Waals surface area contributed by atoms with E-state index in [2.05, 4.69) is 4.72 Å². The minimum atomic E-state index is -3.44. The predicted octanol–water partition coefficient (Wildman–Crippen LogP) is 0.950. The Morgan fingerprint density at radius 3 is 2.67 bits per heavy atom. The van der Waals surface area contributed by atoms with Gasteiger partial charge >= 0.3 is 0 Å². The average Bonchev–Trinajstić information content (AvgIpc) is 2.22. The third-order valence-corrected chi connectivity index (χ3v) is 5.19. The molecule has 0 fully saturated rings. The maximum Gasteiger partial charge on any atom is 0.221 e. The van der Waals surface area contributed by atoms with Crippen molar-refractivity contribution in [2.24, 2.45) is 5.92 Å². The summed E-state index contributed by atoms with van der Waals surface area (Å²) in [4.78, 5) is 0. The highest BCUT2D eigenvalue weighted by Crippen LogP contribution is 2.35. The minimum Gasteiger partial charge on any atom is -0.218 e. The van der Waals surface area contributed by atoms with Crippen LogP contribution in [0.4, 0.5) is 0 Å². The average molecular weight is 226 g/mol. The lowest BCUT2D eigenvalue weighted by molar-refractivity contribution is 0.498. The molecular formula is C10H14N2O2S. The van der Waals surface area contributed by atoms with E-state index >= 15 is 0 Å². The predicted molar refractivity (Wildman–Crippen MR) is 58.4 cm³/mol. The van der Waals surface area contributed by atoms with Crippen molar-refractivity contribution in [2.75, 3.05) is 7.05 Å². The fourth-order valence-corrected chi connectivity index (χ4v) is 2.91. The van der Waals surface area contributed by atoms with Gasteiger partial charge in [-0.15, -0.1) is 0 Å². The molecule has 0 saturated carbocycles. The van der Waals surface area contributed by atoms with Crippen molar-refractivity contribution in [3.05, 3.63) is 23.8 Å². The van der Waals surface area contributed by atoms with E-state index in [-0.39, 0.29) is 5.92 Å². The van der Waals surface area contributed by atoms with Crippen LogP contribution in [0.5, 0.6) is 0 Å². The van der Waals surface area contributed by atoms with E-state index in [0.29, 0.717) is 5.57 Å². The maximum atomic E-state index is 11.8. The first-order valence-corrected chi connectivity index (χ1v) is 6.10. The molecule has 0 aromatic carbocycles. The van der Waals surface area contributed by atoms with Crippen LogP contribution < -0.4 is 4.72 Å². The zero-order valence-corrected chi connectivity index (χ0v) is 9.80. The number of allylic oxidation sites excluding steroid dienone is 3. The van der Waals surface area contributed by atoms with Crippen molar-refractivity contribution >= 4 is 10.0 Å². The summed E-state index contributed by atoms with van der Waals surface area (Å²) in [6.45, 7) is 3.36. The summed E-state index contributed by atoms with van der Waals surface area (Å²) < 4.78 is 25.0. The number of hydrogen-bond acceptors (Lipinski definition) is 3. The van der Waals surface area contributed by atoms with Gasteiger partial charge in [-0.3, -0.25) is 0 Å². The fraction of sp³-hybridized carbons (Fsp3) is 0.500. The van der Waals surface area contributed by atoms with Gasteiger partial charge < -0.3 is 0 Å². The van der Waals surface area contributed by atoms with Gasteiger partial charge in [0, 0.05) is 11.5 Å². The topological polar surface area (TPSA) is 70.0 Å². The summed E-state index contributed by atoms with van der Waals surface area (Å²) in [6.07, 6.45) is 4.88. The van der Waals surface area contributed by atoms with Gasteiger partial charge in [-0.2, -0.15) is 5.26 Å². The molecule has 82 valence electrons. The number of hydrogen-bond donors (Lipinski definition) is 1. The number of nitrogens with one attached hydrogen (secondary N) is 1. The molecule has 0 aromatic heterocycles. The molecule has 0 amide bonds. The first kappa shape index (κ1) is 12.0. The molecule has 1 aliphatic carbocycles. The van der Waals surface area contributed by atoms with Gasteiger partial charge in [0.15, 0.2) is 0 Å². The maximum absolute atomic E-state index is 11.8. The van der Waals surface area contributed by atoms with Gasteiger partial charge in [0.25, 0.3) is 0 Å². The number of rotatable bonds is 2. The van der Waals surface area contributed by atoms with E-state index < -0.39 is 14.8 Å². The molecule has 2 atom stereocenters. The second-order valence-electron chi connectivity index (χ2n) is 3.71. The summed E-state index contributed by atoms with van der Waals surface area (Å²) in [5, 5.41) is 8.86. The molecule has 0 saturated heterocycles. The van der Waals surface area contributed by atoms with E-state index in [4.69, 9.17) is 5.26 Å². The van der Waals surface area contributed by atoms with Gasteiger partial charge in [-0.1, -0.05) is 19.1 Å². The molecule has 0 radical (unpaired) electrons. The molecule has 1 N–H and O–H groups in total. The van der Waals surface area contributed by atoms with E-state index in [1.54, 1.807) is 32.1 Å². The number of sulfonamides is 1. The van der Waals surface area contributed by atoms with Crippen LogP contribution in [0.3, 0.4) is 0 Å². The molecule has 15 heavy (non-hydrogen) atoms. The van der Waals surface area contributed by atoms with Crippen molar-refractivity contribution in [2.45, 2.75) is 18.6 Å². The molecule has 1 aliphatic rings. The van der Waals surface area contributed by atoms with Crippen molar-refractivity contribution in [3.8, 4) is 6.07 Å². The van der Waals surface area contributed by atoms with Gasteiger partial charge in [0.1, 0.15) is 4.75 Å². The normalized spacial score (nSPS) is 30.8. The van der Waals surface area contributed by atoms with Crippen LogP contribution in [0.25, 0.3) is 0 Å². The zero-order valence-electron chi connectivity index (χ0n) is 8.98. The summed E-state index contributed by atoms with van der Waals surface area (Å²) in [5.41, 5.74) is 0.485. The van der Waals surface area contributed by atoms with E-state index in [1.807, 2.05) is 6.07 Å². The highest BCUT2D eigenvalue weighted by Gasteiger charge is 2.43. The highest BCUT2D eigenvalue weighted by atomic mass is 32.2. The van der Waals surface area contributed by atoms with E-state index in [0.717, 1.165) is 0 Å². The van der Waals surface area contributed by atoms with E-state index in [9.17, 15) is 8.42 Å². The van der Waals surface area contributed by atoms with Crippen molar-refractivity contribution < 1.29 is 8.42 Å². The first-order valence-electron chi connectivity index (χ1n) is 4.61. The molecule has 0 heterocycles. The third-order valence-electron chi connectivity index (χ3n) is 3.01. The lowest BCUT2D eigenvalue weighted by atomic mass is 9.84. The van der Waals surface area contributed by atoms with Gasteiger partial charge in [-0.05, 0) is 20.0 Å². The van der Waals surface area contributed by atoms with Crippen LogP contribution in [-0.4, -0.2) is 20.2 Å². The fourth-order valence-electron chi connectivity index (χ4n) is 1.62. The molecule has 1 rings (SSSR count). The lowest BCUT2D eigenvalue weighted by Crippen LogP contribution is -2.47. The largest absolute Gasteiger partial charge is 0.221 e. The van der Waals surface area contributed by atoms with Gasteiger partial charge in [0.05, 0.1) is 6.07 Å². The third kappa shape index (κ3) is 1.71. The molecule has 2 unspecified atom stereocenters. The summed E-state index contributed by atoms with van der Waals surface area (Å²) in [7, 11) is -2.06. The van der Waals surface area contributed by atoms with Crippen LogP contribution in [-0.2, 0) is 10.0 Å². The quantitative estimate of drug-likeness (QED) is 0.762. The van der Waals surface area contributed by atoms with Crippen molar-refractivity contribution in [1.29, 1.82) is 5.26 Å². The molecule has 0 aromatic rings. The summed E-state index contributed by atoms with van der Waals surface area (Å²) in [6, 6.07) is 2.02. The number of nitriles is 1. The van der Waals surface area contributed by atoms with Gasteiger partial charge in [-0.25, -0.2) is 13.1 Å². The molecule has 5 heteroatoms. The number of nitrogens with zero attached hydrogens (tertiary/aromatic N) is 1. The second-order valence-corrected chi connectivity index (χ2v) is 6.00. The van der Waals surface area contributed by atoms with Crippen molar-refractivity contribution in [3.63, 3.8) is 0 Å². The first-order chi connectivity index (χ1) is 6.89. The Labute approximate surface area is 90.3 Å². The Morgan fingerprint density at radius 1 is 1.60 bits per heavy atom. The molecule has 4 nitrogen and oxygen atoms in total. The Balaban J connectivity index is 3.27. The van der Waals surface area contributed by atoms with Crippen LogP contribution >= 0.6 is 0 Å². The summed E-state index contributed by atoms with van der Waals surface area (Å²) >= 11 is 0. The van der Waals surface area contributed by atoms with Crippen LogP contribution in [0.1, 0.15) is 13.8 Å². The van der Waals surface area contributed by atoms with Crippen LogP contribution in [0.15, 0.2) is 23.8 Å². The Morgan fingerprint density at radius 2 is 2.20 bits per heavy atom. The highest BCUT2D eigenvalue weighted by molar-refractivity contribution is 7.91. The van der Waals surface area contributed by atoms with Crippen LogP contribution in [0.2, 0.25) is 0 Å². The lowest BCUT2D eigenvalue weighted by Gasteiger charge is -2.33. The Hall–Kier alpha value is -1.12. The smallest absolute Gasteiger partial charge is 0.218 e. The second kappa shape index (κ2) is 3.80. The standard InChI is InChI=1S/C10H14N2O2S/c1-8-9(7-11)5-4-6-10(8,2)15(13,14)12-3/h4-6,8,12H,1-3H3. The zero-order chi connectivity index (χ0) is 11.7. The minimum absolute atomic E-state index is 0.343. The Bertz CT molecular complexity index is 456. The molecular weight excluding hydrogens is 212 g/mol. The van der Waals surface area contributed by atoms with Gasteiger partial charge in [0.2, 0.25) is 10.0 Å². The van der Waals surface area contributed by atoms with Crippen molar-refractivity contribution in [1.82, 2.24) is 4.72 Å².